The quantitative estimate of drug-likeness (QED) is 0.393. The van der Waals surface area contributed by atoms with Crippen molar-refractivity contribution in [2.45, 2.75) is 6.54 Å². The van der Waals surface area contributed by atoms with Crippen LogP contribution in [-0.2, 0) is 20.8 Å². The number of ether oxygens (including phenoxy) is 2. The third-order valence-corrected chi connectivity index (χ3v) is 1.49. The fourth-order valence-electron chi connectivity index (χ4n) is 0.842. The Morgan fingerprint density at radius 3 is 3.14 bits per heavy atom. The van der Waals surface area contributed by atoms with E-state index in [4.69, 9.17) is 4.74 Å². The lowest BCUT2D eigenvalue weighted by Gasteiger charge is -2.02. The average Bonchev–Trinajstić information content (AvgIpc) is 2.67. The Kier molecular flexibility index (Phi) is 4.26. The van der Waals surface area contributed by atoms with E-state index in [2.05, 4.69) is 9.72 Å². The summed E-state index contributed by atoms with van der Waals surface area (Å²) < 4.78 is 11.3. The monoisotopic (exact) mass is 196 g/mol. The predicted molar refractivity (Wildman–Crippen MR) is 49.3 cm³/mol. The predicted octanol–water partition coefficient (Wildman–Crippen LogP) is 0.586. The summed E-state index contributed by atoms with van der Waals surface area (Å²) in [5, 5.41) is 0. The van der Waals surface area contributed by atoms with Gasteiger partial charge in [-0.25, -0.2) is 9.78 Å². The van der Waals surface area contributed by atoms with Gasteiger partial charge in [0.05, 0.1) is 32.3 Å². The standard InChI is InChI=1S/C9H12N2O3/c1-13-6-2-9(12)14-7-5-11-4-3-10-8-11/h2-4,6,8H,5,7H2,1H3. The van der Waals surface area contributed by atoms with Gasteiger partial charge in [0.2, 0.25) is 0 Å². The molecular formula is C9H12N2O3. The van der Waals surface area contributed by atoms with Gasteiger partial charge >= 0.3 is 5.97 Å². The first kappa shape index (κ1) is 10.3. The zero-order valence-corrected chi connectivity index (χ0v) is 7.92. The Morgan fingerprint density at radius 1 is 1.64 bits per heavy atom. The topological polar surface area (TPSA) is 53.4 Å². The van der Waals surface area contributed by atoms with Crippen LogP contribution in [0.3, 0.4) is 0 Å². The number of aromatic nitrogens is 2. The van der Waals surface area contributed by atoms with Crippen LogP contribution in [0.15, 0.2) is 31.1 Å². The van der Waals surface area contributed by atoms with E-state index in [9.17, 15) is 4.79 Å². The van der Waals surface area contributed by atoms with Crippen molar-refractivity contribution in [1.82, 2.24) is 9.55 Å². The summed E-state index contributed by atoms with van der Waals surface area (Å²) in [6, 6.07) is 0. The minimum Gasteiger partial charge on any atom is -0.504 e. The summed E-state index contributed by atoms with van der Waals surface area (Å²) in [6.45, 7) is 0.926. The number of esters is 1. The summed E-state index contributed by atoms with van der Waals surface area (Å²) in [4.78, 5) is 14.8. The average molecular weight is 196 g/mol. The Morgan fingerprint density at radius 2 is 2.50 bits per heavy atom. The molecule has 0 unspecified atom stereocenters. The van der Waals surface area contributed by atoms with E-state index in [0.717, 1.165) is 0 Å². The van der Waals surface area contributed by atoms with Gasteiger partial charge in [0, 0.05) is 12.4 Å². The highest BCUT2D eigenvalue weighted by molar-refractivity contribution is 5.81. The van der Waals surface area contributed by atoms with Crippen molar-refractivity contribution >= 4 is 5.97 Å². The summed E-state index contributed by atoms with van der Waals surface area (Å²) in [7, 11) is 1.47. The van der Waals surface area contributed by atoms with Crippen molar-refractivity contribution in [3.05, 3.63) is 31.1 Å². The molecule has 0 amide bonds. The molecule has 1 aromatic heterocycles. The van der Waals surface area contributed by atoms with E-state index in [-0.39, 0.29) is 0 Å². The van der Waals surface area contributed by atoms with Gasteiger partial charge < -0.3 is 14.0 Å². The maximum Gasteiger partial charge on any atom is 0.333 e. The van der Waals surface area contributed by atoms with E-state index in [1.54, 1.807) is 18.7 Å². The lowest BCUT2D eigenvalue weighted by Crippen LogP contribution is -2.08. The van der Waals surface area contributed by atoms with E-state index in [1.807, 2.05) is 4.57 Å². The van der Waals surface area contributed by atoms with Gasteiger partial charge in [-0.2, -0.15) is 0 Å². The van der Waals surface area contributed by atoms with Crippen molar-refractivity contribution in [1.29, 1.82) is 0 Å². The summed E-state index contributed by atoms with van der Waals surface area (Å²) in [6.07, 6.45) is 7.65. The first-order valence-corrected chi connectivity index (χ1v) is 4.15. The van der Waals surface area contributed by atoms with Crippen LogP contribution in [0.4, 0.5) is 0 Å². The first-order valence-electron chi connectivity index (χ1n) is 4.15. The van der Waals surface area contributed by atoms with E-state index in [1.165, 1.54) is 19.4 Å². The van der Waals surface area contributed by atoms with Gasteiger partial charge in [0.15, 0.2) is 0 Å². The molecule has 0 aromatic carbocycles. The van der Waals surface area contributed by atoms with Crippen molar-refractivity contribution in [3.8, 4) is 0 Å². The second-order valence-electron chi connectivity index (χ2n) is 2.51. The number of carbonyl (C=O) groups excluding carboxylic acids is 1. The van der Waals surface area contributed by atoms with E-state index < -0.39 is 5.97 Å². The Labute approximate surface area is 82.0 Å². The molecule has 0 saturated carbocycles. The molecular weight excluding hydrogens is 184 g/mol. The number of hydrogen-bond acceptors (Lipinski definition) is 4. The van der Waals surface area contributed by atoms with Gasteiger partial charge in [-0.05, 0) is 0 Å². The lowest BCUT2D eigenvalue weighted by molar-refractivity contribution is -0.138. The highest BCUT2D eigenvalue weighted by Crippen LogP contribution is 1.88. The van der Waals surface area contributed by atoms with Crippen molar-refractivity contribution < 1.29 is 14.3 Å². The zero-order valence-electron chi connectivity index (χ0n) is 7.92. The largest absolute Gasteiger partial charge is 0.504 e. The minimum atomic E-state index is -0.410. The molecule has 1 rings (SSSR count). The molecule has 0 aliphatic rings. The van der Waals surface area contributed by atoms with E-state index in [0.29, 0.717) is 13.2 Å². The van der Waals surface area contributed by atoms with Crippen molar-refractivity contribution in [2.24, 2.45) is 0 Å². The first-order chi connectivity index (χ1) is 6.83. The van der Waals surface area contributed by atoms with Crippen LogP contribution >= 0.6 is 0 Å². The Bertz CT molecular complexity index is 293. The molecule has 0 fully saturated rings. The van der Waals surface area contributed by atoms with Crippen LogP contribution in [0, 0.1) is 0 Å². The highest BCUT2D eigenvalue weighted by atomic mass is 16.5. The normalized spacial score (nSPS) is 10.4. The Hall–Kier alpha value is -1.78. The van der Waals surface area contributed by atoms with Crippen LogP contribution in [0.25, 0.3) is 0 Å². The number of carbonyl (C=O) groups is 1. The number of imidazole rings is 1. The number of hydrogen-bond donors (Lipinski definition) is 0. The van der Waals surface area contributed by atoms with Gasteiger partial charge in [-0.15, -0.1) is 0 Å². The molecule has 1 aromatic rings. The molecule has 76 valence electrons. The molecule has 0 aliphatic heterocycles. The second kappa shape index (κ2) is 5.80. The highest BCUT2D eigenvalue weighted by Gasteiger charge is 1.96. The molecule has 0 atom stereocenters. The van der Waals surface area contributed by atoms with Crippen molar-refractivity contribution in [2.75, 3.05) is 13.7 Å². The second-order valence-corrected chi connectivity index (χ2v) is 2.51. The smallest absolute Gasteiger partial charge is 0.333 e. The third kappa shape index (κ3) is 3.75. The third-order valence-electron chi connectivity index (χ3n) is 1.49. The summed E-state index contributed by atoms with van der Waals surface area (Å²) in [5.41, 5.74) is 0. The fourth-order valence-corrected chi connectivity index (χ4v) is 0.842. The maximum atomic E-state index is 10.9. The Balaban J connectivity index is 2.15. The minimum absolute atomic E-state index is 0.323. The molecule has 0 aliphatic carbocycles. The molecule has 0 N–H and O–H groups in total. The fraction of sp³-hybridized carbons (Fsp3) is 0.333. The molecule has 0 bridgehead atoms. The lowest BCUT2D eigenvalue weighted by atomic mass is 10.6. The zero-order chi connectivity index (χ0) is 10.2. The number of methoxy groups -OCH3 is 1. The molecule has 0 radical (unpaired) electrons. The molecule has 14 heavy (non-hydrogen) atoms. The van der Waals surface area contributed by atoms with Gasteiger partial charge in [-0.3, -0.25) is 0 Å². The van der Waals surface area contributed by atoms with Gasteiger partial charge in [-0.1, -0.05) is 0 Å². The van der Waals surface area contributed by atoms with Gasteiger partial charge in [0.25, 0.3) is 0 Å². The van der Waals surface area contributed by atoms with Gasteiger partial charge in [0.1, 0.15) is 6.61 Å². The maximum absolute atomic E-state index is 10.9. The van der Waals surface area contributed by atoms with E-state index >= 15 is 0 Å². The van der Waals surface area contributed by atoms with Crippen molar-refractivity contribution in [3.63, 3.8) is 0 Å². The summed E-state index contributed by atoms with van der Waals surface area (Å²) in [5.74, 6) is -0.410. The number of rotatable bonds is 5. The molecule has 1 heterocycles. The number of nitrogens with zero attached hydrogens (tertiary/aromatic N) is 2. The molecule has 5 heteroatoms. The SMILES string of the molecule is COC=CC(=O)OCCn1ccnc1. The summed E-state index contributed by atoms with van der Waals surface area (Å²) >= 11 is 0. The van der Waals surface area contributed by atoms with Crippen LogP contribution in [0.2, 0.25) is 0 Å². The van der Waals surface area contributed by atoms with Crippen LogP contribution in [0.5, 0.6) is 0 Å². The molecule has 5 nitrogen and oxygen atoms in total. The van der Waals surface area contributed by atoms with Crippen LogP contribution in [0.1, 0.15) is 0 Å². The van der Waals surface area contributed by atoms with Crippen LogP contribution < -0.4 is 0 Å². The molecule has 0 spiro atoms. The van der Waals surface area contributed by atoms with Crippen LogP contribution in [-0.4, -0.2) is 29.2 Å². The molecule has 0 saturated heterocycles.